The van der Waals surface area contributed by atoms with Gasteiger partial charge in [0, 0.05) is 16.3 Å². The van der Waals surface area contributed by atoms with Gasteiger partial charge < -0.3 is 4.98 Å². The Kier molecular flexibility index (Phi) is 2.73. The molecule has 3 aromatic rings. The van der Waals surface area contributed by atoms with E-state index in [2.05, 4.69) is 66.2 Å². The molecule has 0 aliphatic heterocycles. The molecule has 0 saturated heterocycles. The Labute approximate surface area is 106 Å². The highest BCUT2D eigenvalue weighted by Gasteiger charge is 2.04. The first-order valence-electron chi connectivity index (χ1n) is 6.17. The maximum Gasteiger partial charge on any atom is 0.0538 e. The van der Waals surface area contributed by atoms with E-state index in [1.54, 1.807) is 0 Å². The van der Waals surface area contributed by atoms with Crippen LogP contribution in [-0.2, 0) is 0 Å². The van der Waals surface area contributed by atoms with Crippen LogP contribution in [0.1, 0.15) is 12.0 Å². The minimum atomic E-state index is 0.899. The van der Waals surface area contributed by atoms with Gasteiger partial charge in [0.15, 0.2) is 0 Å². The van der Waals surface area contributed by atoms with Crippen molar-refractivity contribution in [3.63, 3.8) is 0 Å². The Bertz CT molecular complexity index is 732. The molecule has 0 aliphatic rings. The van der Waals surface area contributed by atoms with E-state index in [9.17, 15) is 0 Å². The van der Waals surface area contributed by atoms with Crippen LogP contribution in [0.15, 0.2) is 61.2 Å². The molecule has 1 heterocycles. The molecular weight excluding hydrogens is 218 g/mol. The highest BCUT2D eigenvalue weighted by atomic mass is 14.7. The zero-order valence-corrected chi connectivity index (χ0v) is 10.2. The first-order valence-corrected chi connectivity index (χ1v) is 6.17. The topological polar surface area (TPSA) is 15.8 Å². The number of aromatic amines is 1. The van der Waals surface area contributed by atoms with Crippen molar-refractivity contribution in [2.75, 3.05) is 0 Å². The Morgan fingerprint density at radius 3 is 2.72 bits per heavy atom. The third-order valence-corrected chi connectivity index (χ3v) is 3.17. The Balaban J connectivity index is 2.24. The average Bonchev–Trinajstić information content (AvgIpc) is 2.79. The first kappa shape index (κ1) is 10.8. The fraction of sp³-hybridized carbons (Fsp3) is 0.0588. The van der Waals surface area contributed by atoms with Crippen LogP contribution in [-0.4, -0.2) is 4.98 Å². The van der Waals surface area contributed by atoms with Crippen LogP contribution >= 0.6 is 0 Å². The molecule has 0 unspecified atom stereocenters. The van der Waals surface area contributed by atoms with Crippen molar-refractivity contribution in [1.82, 2.24) is 4.98 Å². The van der Waals surface area contributed by atoms with Gasteiger partial charge in [0.2, 0.25) is 0 Å². The quantitative estimate of drug-likeness (QED) is 0.619. The summed E-state index contributed by atoms with van der Waals surface area (Å²) in [7, 11) is 0. The molecule has 18 heavy (non-hydrogen) atoms. The fourth-order valence-electron chi connectivity index (χ4n) is 2.33. The van der Waals surface area contributed by atoms with Gasteiger partial charge in [0.25, 0.3) is 0 Å². The van der Waals surface area contributed by atoms with Crippen LogP contribution in [0.5, 0.6) is 0 Å². The Morgan fingerprint density at radius 1 is 1.00 bits per heavy atom. The van der Waals surface area contributed by atoms with Crippen molar-refractivity contribution in [2.24, 2.45) is 0 Å². The monoisotopic (exact) mass is 233 g/mol. The second-order valence-electron chi connectivity index (χ2n) is 4.37. The molecule has 1 N–H and O–H groups in total. The van der Waals surface area contributed by atoms with Crippen molar-refractivity contribution >= 4 is 27.9 Å². The average molecular weight is 233 g/mol. The highest BCUT2D eigenvalue weighted by molar-refractivity contribution is 6.09. The molecule has 3 rings (SSSR count). The van der Waals surface area contributed by atoms with Gasteiger partial charge >= 0.3 is 0 Å². The molecule has 0 aliphatic carbocycles. The lowest BCUT2D eigenvalue weighted by Crippen LogP contribution is -1.75. The summed E-state index contributed by atoms with van der Waals surface area (Å²) in [4.78, 5) is 3.50. The van der Waals surface area contributed by atoms with Crippen LogP contribution in [0.3, 0.4) is 0 Å². The zero-order chi connectivity index (χ0) is 12.4. The molecule has 0 saturated carbocycles. The third-order valence-electron chi connectivity index (χ3n) is 3.17. The fourth-order valence-corrected chi connectivity index (χ4v) is 2.33. The van der Waals surface area contributed by atoms with Gasteiger partial charge in [-0.2, -0.15) is 0 Å². The Morgan fingerprint density at radius 2 is 1.83 bits per heavy atom. The van der Waals surface area contributed by atoms with Gasteiger partial charge in [-0.1, -0.05) is 54.6 Å². The maximum absolute atomic E-state index is 3.73. The smallest absolute Gasteiger partial charge is 0.0538 e. The molecule has 0 atom stereocenters. The van der Waals surface area contributed by atoms with E-state index in [0.717, 1.165) is 6.42 Å². The second kappa shape index (κ2) is 4.53. The van der Waals surface area contributed by atoms with E-state index >= 15 is 0 Å². The van der Waals surface area contributed by atoms with Crippen LogP contribution < -0.4 is 0 Å². The minimum absolute atomic E-state index is 0.899. The molecule has 0 bridgehead atoms. The lowest BCUT2D eigenvalue weighted by molar-refractivity contribution is 1.42. The standard InChI is InChI=1S/C17H15N/c1-2-3-4-8-13-9-7-11-15-14-10-5-6-12-16(14)18-17(13)15/h2,4-12,18H,1,3H2. The summed E-state index contributed by atoms with van der Waals surface area (Å²) in [6, 6.07) is 14.8. The van der Waals surface area contributed by atoms with Gasteiger partial charge in [-0.15, -0.1) is 6.58 Å². The molecule has 0 fully saturated rings. The zero-order valence-electron chi connectivity index (χ0n) is 10.2. The number of fused-ring (bicyclic) bond motifs is 3. The van der Waals surface area contributed by atoms with Gasteiger partial charge in [0.1, 0.15) is 0 Å². The highest BCUT2D eigenvalue weighted by Crippen LogP contribution is 2.27. The third kappa shape index (κ3) is 1.74. The summed E-state index contributed by atoms with van der Waals surface area (Å²) in [5, 5.41) is 2.57. The number of benzene rings is 2. The summed E-state index contributed by atoms with van der Waals surface area (Å²) in [6.45, 7) is 3.73. The number of aromatic nitrogens is 1. The molecule has 1 aromatic heterocycles. The predicted octanol–water partition coefficient (Wildman–Crippen LogP) is 4.91. The van der Waals surface area contributed by atoms with Gasteiger partial charge in [-0.05, 0) is 18.1 Å². The summed E-state index contributed by atoms with van der Waals surface area (Å²) < 4.78 is 0. The van der Waals surface area contributed by atoms with Crippen molar-refractivity contribution in [1.29, 1.82) is 0 Å². The summed E-state index contributed by atoms with van der Waals surface area (Å²) >= 11 is 0. The van der Waals surface area contributed by atoms with Crippen molar-refractivity contribution in [3.8, 4) is 0 Å². The van der Waals surface area contributed by atoms with Gasteiger partial charge in [-0.3, -0.25) is 0 Å². The summed E-state index contributed by atoms with van der Waals surface area (Å²) in [5.41, 5.74) is 3.63. The van der Waals surface area contributed by atoms with Crippen LogP contribution in [0.2, 0.25) is 0 Å². The molecule has 0 radical (unpaired) electrons. The van der Waals surface area contributed by atoms with E-state index in [4.69, 9.17) is 0 Å². The van der Waals surface area contributed by atoms with Crippen LogP contribution in [0, 0.1) is 0 Å². The number of rotatable bonds is 3. The Hall–Kier alpha value is -2.28. The van der Waals surface area contributed by atoms with Crippen molar-refractivity contribution in [3.05, 3.63) is 66.8 Å². The van der Waals surface area contributed by atoms with E-state index < -0.39 is 0 Å². The molecule has 2 aromatic carbocycles. The van der Waals surface area contributed by atoms with Gasteiger partial charge in [0.05, 0.1) is 5.52 Å². The molecule has 1 nitrogen and oxygen atoms in total. The number of H-pyrrole nitrogens is 1. The number of hydrogen-bond acceptors (Lipinski definition) is 0. The number of allylic oxidation sites excluding steroid dienone is 2. The number of hydrogen-bond donors (Lipinski definition) is 1. The van der Waals surface area contributed by atoms with E-state index in [1.807, 2.05) is 6.08 Å². The molecule has 0 amide bonds. The van der Waals surface area contributed by atoms with E-state index in [1.165, 1.54) is 27.4 Å². The number of nitrogens with one attached hydrogen (secondary N) is 1. The largest absolute Gasteiger partial charge is 0.354 e. The van der Waals surface area contributed by atoms with Crippen LogP contribution in [0.4, 0.5) is 0 Å². The normalized spacial score (nSPS) is 11.6. The summed E-state index contributed by atoms with van der Waals surface area (Å²) in [6.07, 6.45) is 7.09. The molecule has 88 valence electrons. The maximum atomic E-state index is 3.73. The summed E-state index contributed by atoms with van der Waals surface area (Å²) in [5.74, 6) is 0. The SMILES string of the molecule is C=CCC=Cc1cccc2c1[nH]c1ccccc12. The second-order valence-corrected chi connectivity index (χ2v) is 4.37. The van der Waals surface area contributed by atoms with E-state index in [-0.39, 0.29) is 0 Å². The predicted molar refractivity (Wildman–Crippen MR) is 79.7 cm³/mol. The van der Waals surface area contributed by atoms with Crippen molar-refractivity contribution < 1.29 is 0 Å². The molecular formula is C17H15N. The van der Waals surface area contributed by atoms with Crippen molar-refractivity contribution in [2.45, 2.75) is 6.42 Å². The first-order chi connectivity index (χ1) is 8.90. The minimum Gasteiger partial charge on any atom is -0.354 e. The molecule has 0 spiro atoms. The lowest BCUT2D eigenvalue weighted by atomic mass is 10.1. The van der Waals surface area contributed by atoms with Gasteiger partial charge in [-0.25, -0.2) is 0 Å². The number of para-hydroxylation sites is 2. The van der Waals surface area contributed by atoms with Crippen LogP contribution in [0.25, 0.3) is 27.9 Å². The van der Waals surface area contributed by atoms with E-state index in [0.29, 0.717) is 0 Å². The lowest BCUT2D eigenvalue weighted by Gasteiger charge is -1.96. The molecule has 1 heteroatoms.